The molecule has 0 bridgehead atoms. The van der Waals surface area contributed by atoms with Crippen molar-refractivity contribution in [2.24, 2.45) is 11.8 Å². The SMILES string of the molecule is CC(C)[C@@H]1CCCN(c2ccccc2F)C1=O. The Morgan fingerprint density at radius 3 is 2.71 bits per heavy atom. The molecule has 0 aliphatic carbocycles. The quantitative estimate of drug-likeness (QED) is 0.770. The van der Waals surface area contributed by atoms with E-state index >= 15 is 0 Å². The largest absolute Gasteiger partial charge is 0.309 e. The summed E-state index contributed by atoms with van der Waals surface area (Å²) in [5, 5.41) is 0. The molecule has 92 valence electrons. The molecule has 2 rings (SSSR count). The van der Waals surface area contributed by atoms with E-state index in [1.54, 1.807) is 23.1 Å². The molecule has 1 heterocycles. The van der Waals surface area contributed by atoms with Crippen LogP contribution in [0.2, 0.25) is 0 Å². The maximum Gasteiger partial charge on any atom is 0.230 e. The molecule has 3 heteroatoms. The van der Waals surface area contributed by atoms with Crippen LogP contribution in [0.4, 0.5) is 10.1 Å². The molecule has 1 aromatic carbocycles. The fraction of sp³-hybridized carbons (Fsp3) is 0.500. The standard InChI is InChI=1S/C14H18FNO/c1-10(2)11-6-5-9-16(14(11)17)13-8-4-3-7-12(13)15/h3-4,7-8,10-11H,5-6,9H2,1-2H3/t11-/m0/s1. The number of nitrogens with zero attached hydrogens (tertiary/aromatic N) is 1. The third-order valence-corrected chi connectivity index (χ3v) is 3.43. The number of piperidine rings is 1. The minimum atomic E-state index is -0.315. The van der Waals surface area contributed by atoms with Crippen molar-refractivity contribution in [3.8, 4) is 0 Å². The van der Waals surface area contributed by atoms with Gasteiger partial charge in [-0.25, -0.2) is 4.39 Å². The van der Waals surface area contributed by atoms with Crippen LogP contribution in [-0.4, -0.2) is 12.5 Å². The number of hydrogen-bond donors (Lipinski definition) is 0. The van der Waals surface area contributed by atoms with Crippen LogP contribution in [0.3, 0.4) is 0 Å². The first-order valence-corrected chi connectivity index (χ1v) is 6.17. The van der Waals surface area contributed by atoms with Crippen LogP contribution in [0.25, 0.3) is 0 Å². The Bertz CT molecular complexity index is 416. The van der Waals surface area contributed by atoms with Gasteiger partial charge in [-0.05, 0) is 30.9 Å². The molecule has 0 saturated carbocycles. The number of para-hydroxylation sites is 1. The zero-order valence-corrected chi connectivity index (χ0v) is 10.3. The maximum atomic E-state index is 13.7. The molecule has 1 fully saturated rings. The summed E-state index contributed by atoms with van der Waals surface area (Å²) in [6.45, 7) is 4.73. The Morgan fingerprint density at radius 1 is 1.35 bits per heavy atom. The Morgan fingerprint density at radius 2 is 2.06 bits per heavy atom. The van der Waals surface area contributed by atoms with Gasteiger partial charge in [-0.15, -0.1) is 0 Å². The Kier molecular flexibility index (Phi) is 3.46. The van der Waals surface area contributed by atoms with Crippen molar-refractivity contribution >= 4 is 11.6 Å². The summed E-state index contributed by atoms with van der Waals surface area (Å²) in [5.74, 6) is 0.0991. The lowest BCUT2D eigenvalue weighted by Gasteiger charge is -2.34. The summed E-state index contributed by atoms with van der Waals surface area (Å²) >= 11 is 0. The third-order valence-electron chi connectivity index (χ3n) is 3.43. The summed E-state index contributed by atoms with van der Waals surface area (Å²) in [6.07, 6.45) is 1.87. The number of carbonyl (C=O) groups excluding carboxylic acids is 1. The number of halogens is 1. The fourth-order valence-electron chi connectivity index (χ4n) is 2.43. The second-order valence-electron chi connectivity index (χ2n) is 4.93. The fourth-order valence-corrected chi connectivity index (χ4v) is 2.43. The van der Waals surface area contributed by atoms with Gasteiger partial charge in [-0.3, -0.25) is 4.79 Å². The lowest BCUT2D eigenvalue weighted by molar-refractivity contribution is -0.125. The van der Waals surface area contributed by atoms with Gasteiger partial charge >= 0.3 is 0 Å². The summed E-state index contributed by atoms with van der Waals surface area (Å²) in [4.78, 5) is 13.9. The number of rotatable bonds is 2. The van der Waals surface area contributed by atoms with Crippen LogP contribution in [0.1, 0.15) is 26.7 Å². The van der Waals surface area contributed by atoms with E-state index < -0.39 is 0 Å². The van der Waals surface area contributed by atoms with Crippen LogP contribution in [-0.2, 0) is 4.79 Å². The number of benzene rings is 1. The molecule has 0 spiro atoms. The molecule has 1 saturated heterocycles. The molecule has 0 aromatic heterocycles. The minimum Gasteiger partial charge on any atom is -0.309 e. The smallest absolute Gasteiger partial charge is 0.230 e. The summed E-state index contributed by atoms with van der Waals surface area (Å²) < 4.78 is 13.7. The normalized spacial score (nSPS) is 21.1. The van der Waals surface area contributed by atoms with Crippen molar-refractivity contribution in [3.05, 3.63) is 30.1 Å². The molecule has 1 amide bonds. The maximum absolute atomic E-state index is 13.7. The number of carbonyl (C=O) groups is 1. The molecule has 1 aliphatic heterocycles. The highest BCUT2D eigenvalue weighted by Crippen LogP contribution is 2.29. The van der Waals surface area contributed by atoms with Crippen molar-refractivity contribution in [2.75, 3.05) is 11.4 Å². The van der Waals surface area contributed by atoms with Crippen molar-refractivity contribution in [2.45, 2.75) is 26.7 Å². The first-order valence-electron chi connectivity index (χ1n) is 6.17. The zero-order valence-electron chi connectivity index (χ0n) is 10.3. The molecule has 1 aliphatic rings. The van der Waals surface area contributed by atoms with Gasteiger partial charge < -0.3 is 4.90 Å². The third kappa shape index (κ3) is 2.33. The average molecular weight is 235 g/mol. The van der Waals surface area contributed by atoms with Gasteiger partial charge in [0.05, 0.1) is 5.69 Å². The molecule has 1 atom stereocenters. The van der Waals surface area contributed by atoms with Crippen molar-refractivity contribution < 1.29 is 9.18 Å². The minimum absolute atomic E-state index is 0.0309. The average Bonchev–Trinajstić information content (AvgIpc) is 2.30. The van der Waals surface area contributed by atoms with Gasteiger partial charge in [-0.1, -0.05) is 26.0 Å². The molecule has 0 N–H and O–H groups in total. The van der Waals surface area contributed by atoms with Crippen LogP contribution < -0.4 is 4.90 Å². The van der Waals surface area contributed by atoms with Crippen LogP contribution >= 0.6 is 0 Å². The highest BCUT2D eigenvalue weighted by Gasteiger charge is 2.32. The highest BCUT2D eigenvalue weighted by molar-refractivity contribution is 5.96. The van der Waals surface area contributed by atoms with E-state index in [0.717, 1.165) is 12.8 Å². The number of anilines is 1. The predicted octanol–water partition coefficient (Wildman–Crippen LogP) is 3.22. The molecule has 1 aromatic rings. The van der Waals surface area contributed by atoms with E-state index in [2.05, 4.69) is 0 Å². The zero-order chi connectivity index (χ0) is 12.4. The first-order chi connectivity index (χ1) is 8.11. The Hall–Kier alpha value is -1.38. The number of hydrogen-bond acceptors (Lipinski definition) is 1. The second-order valence-corrected chi connectivity index (χ2v) is 4.93. The molecule has 17 heavy (non-hydrogen) atoms. The molecular weight excluding hydrogens is 217 g/mol. The van der Waals surface area contributed by atoms with E-state index in [-0.39, 0.29) is 17.6 Å². The van der Waals surface area contributed by atoms with Gasteiger partial charge in [0.25, 0.3) is 0 Å². The van der Waals surface area contributed by atoms with Gasteiger partial charge in [0.15, 0.2) is 0 Å². The first kappa shape index (κ1) is 12.1. The molecular formula is C14H18FNO. The van der Waals surface area contributed by atoms with E-state index in [0.29, 0.717) is 18.2 Å². The van der Waals surface area contributed by atoms with Gasteiger partial charge in [-0.2, -0.15) is 0 Å². The summed E-state index contributed by atoms with van der Waals surface area (Å²) in [6, 6.07) is 6.50. The number of amides is 1. The van der Waals surface area contributed by atoms with Crippen molar-refractivity contribution in [1.29, 1.82) is 0 Å². The monoisotopic (exact) mass is 235 g/mol. The highest BCUT2D eigenvalue weighted by atomic mass is 19.1. The molecule has 0 unspecified atom stereocenters. The Labute approximate surface area is 101 Å². The Balaban J connectivity index is 2.27. The van der Waals surface area contributed by atoms with E-state index in [9.17, 15) is 9.18 Å². The van der Waals surface area contributed by atoms with Gasteiger partial charge in [0.2, 0.25) is 5.91 Å². The lowest BCUT2D eigenvalue weighted by atomic mass is 9.87. The van der Waals surface area contributed by atoms with E-state index in [1.165, 1.54) is 6.07 Å². The lowest BCUT2D eigenvalue weighted by Crippen LogP contribution is -2.43. The summed E-state index contributed by atoms with van der Waals surface area (Å²) in [5.41, 5.74) is 0.419. The molecule has 2 nitrogen and oxygen atoms in total. The van der Waals surface area contributed by atoms with Gasteiger partial charge in [0, 0.05) is 12.5 Å². The van der Waals surface area contributed by atoms with Crippen LogP contribution in [0.5, 0.6) is 0 Å². The van der Waals surface area contributed by atoms with Crippen LogP contribution in [0, 0.1) is 17.7 Å². The van der Waals surface area contributed by atoms with Crippen LogP contribution in [0.15, 0.2) is 24.3 Å². The summed E-state index contributed by atoms with van der Waals surface area (Å²) in [7, 11) is 0. The van der Waals surface area contributed by atoms with Crippen molar-refractivity contribution in [3.63, 3.8) is 0 Å². The van der Waals surface area contributed by atoms with Crippen molar-refractivity contribution in [1.82, 2.24) is 0 Å². The van der Waals surface area contributed by atoms with E-state index in [1.807, 2.05) is 13.8 Å². The predicted molar refractivity (Wildman–Crippen MR) is 66.3 cm³/mol. The van der Waals surface area contributed by atoms with E-state index in [4.69, 9.17) is 0 Å². The molecule has 0 radical (unpaired) electrons. The van der Waals surface area contributed by atoms with Gasteiger partial charge in [0.1, 0.15) is 5.82 Å². The topological polar surface area (TPSA) is 20.3 Å². The second kappa shape index (κ2) is 4.86.